The van der Waals surface area contributed by atoms with Gasteiger partial charge >= 0.3 is 6.03 Å². The van der Waals surface area contributed by atoms with Gasteiger partial charge in [-0.1, -0.05) is 0 Å². The topological polar surface area (TPSA) is 83.6 Å². The van der Waals surface area contributed by atoms with E-state index < -0.39 is 6.04 Å². The molecule has 2 N–H and O–H groups in total. The molecule has 1 fully saturated rings. The van der Waals surface area contributed by atoms with Gasteiger partial charge in [-0.05, 0) is 49.1 Å². The van der Waals surface area contributed by atoms with E-state index in [2.05, 4.69) is 15.6 Å². The number of ether oxygens (including phenoxy) is 1. The van der Waals surface area contributed by atoms with Crippen LogP contribution in [-0.2, 0) is 4.79 Å². The molecule has 2 atom stereocenters. The van der Waals surface area contributed by atoms with E-state index in [9.17, 15) is 9.59 Å². The summed E-state index contributed by atoms with van der Waals surface area (Å²) in [5.74, 6) is 1.37. The Kier molecular flexibility index (Phi) is 4.89. The third-order valence-corrected chi connectivity index (χ3v) is 5.32. The van der Waals surface area contributed by atoms with Crippen LogP contribution in [0.15, 0.2) is 42.7 Å². The van der Waals surface area contributed by atoms with E-state index in [-0.39, 0.29) is 18.2 Å². The molecule has 7 nitrogen and oxygen atoms in total. The fourth-order valence-corrected chi connectivity index (χ4v) is 3.71. The molecule has 2 unspecified atom stereocenters. The lowest BCUT2D eigenvalue weighted by Crippen LogP contribution is -2.31. The van der Waals surface area contributed by atoms with Crippen LogP contribution in [0.4, 0.5) is 16.2 Å². The van der Waals surface area contributed by atoms with Crippen molar-refractivity contribution in [2.24, 2.45) is 0 Å². The van der Waals surface area contributed by atoms with Crippen molar-refractivity contribution in [3.8, 4) is 5.75 Å². The van der Waals surface area contributed by atoms with E-state index in [1.807, 2.05) is 24.5 Å². The molecule has 3 heterocycles. The lowest BCUT2D eigenvalue weighted by Gasteiger charge is -2.14. The Morgan fingerprint density at radius 1 is 1.19 bits per heavy atom. The maximum absolute atomic E-state index is 12.7. The number of nitrogens with zero attached hydrogens (tertiary/aromatic N) is 2. The van der Waals surface area contributed by atoms with Crippen LogP contribution >= 0.6 is 11.8 Å². The number of rotatable bonds is 6. The predicted octanol–water partition coefficient (Wildman–Crippen LogP) is 3.15. The molecule has 140 valence electrons. The van der Waals surface area contributed by atoms with E-state index in [4.69, 9.17) is 4.74 Å². The molecule has 0 saturated carbocycles. The van der Waals surface area contributed by atoms with Gasteiger partial charge in [0.2, 0.25) is 0 Å². The second-order valence-electron chi connectivity index (χ2n) is 6.41. The molecule has 2 aromatic rings. The number of carbonyl (C=O) groups is 2. The summed E-state index contributed by atoms with van der Waals surface area (Å²) in [5.41, 5.74) is 2.29. The number of carbonyl (C=O) groups excluding carboxylic acids is 2. The first-order chi connectivity index (χ1) is 13.2. The highest BCUT2D eigenvalue weighted by molar-refractivity contribution is 7.98. The lowest BCUT2D eigenvalue weighted by molar-refractivity contribution is -0.118. The molecule has 8 heteroatoms. The van der Waals surface area contributed by atoms with Crippen molar-refractivity contribution in [2.45, 2.75) is 25.1 Å². The average molecular weight is 384 g/mol. The Balaban J connectivity index is 1.50. The van der Waals surface area contributed by atoms with Crippen LogP contribution in [0, 0.1) is 0 Å². The van der Waals surface area contributed by atoms with Crippen LogP contribution in [0.25, 0.3) is 0 Å². The third-order valence-electron chi connectivity index (χ3n) is 4.62. The molecule has 1 aromatic heterocycles. The summed E-state index contributed by atoms with van der Waals surface area (Å²) < 4.78 is 5.96. The zero-order valence-electron chi connectivity index (χ0n) is 14.8. The minimum Gasteiger partial charge on any atom is -0.464 e. The van der Waals surface area contributed by atoms with Crippen LogP contribution in [0.2, 0.25) is 0 Å². The summed E-state index contributed by atoms with van der Waals surface area (Å²) in [4.78, 5) is 30.2. The molecular formula is C19H20N4O3S. The van der Waals surface area contributed by atoms with Crippen molar-refractivity contribution in [1.82, 2.24) is 10.3 Å². The molecule has 3 amide bonds. The van der Waals surface area contributed by atoms with Gasteiger partial charge < -0.3 is 15.4 Å². The predicted molar refractivity (Wildman–Crippen MR) is 105 cm³/mol. The number of urea groups is 1. The molecule has 2 aliphatic rings. The molecule has 0 spiro atoms. The second-order valence-corrected chi connectivity index (χ2v) is 7.40. The molecule has 1 aromatic carbocycles. The number of fused-ring (bicyclic) bond motifs is 1. The standard InChI is InChI=1S/C19H20N4O3S/c1-27-10-2-3-15-18(24)23(19(25)22-15)13-4-5-14-16(11-13)26-17(21-14)12-6-8-20-9-7-12/h4-9,11,15,17,21H,2-3,10H2,1H3,(H,22,25). The molecule has 2 aliphatic heterocycles. The van der Waals surface area contributed by atoms with Crippen molar-refractivity contribution >= 4 is 35.1 Å². The smallest absolute Gasteiger partial charge is 0.329 e. The molecule has 1 saturated heterocycles. The van der Waals surface area contributed by atoms with Gasteiger partial charge in [0.25, 0.3) is 5.91 Å². The van der Waals surface area contributed by atoms with Gasteiger partial charge in [-0.15, -0.1) is 0 Å². The van der Waals surface area contributed by atoms with Crippen molar-refractivity contribution in [3.05, 3.63) is 48.3 Å². The summed E-state index contributed by atoms with van der Waals surface area (Å²) in [6.07, 6.45) is 6.66. The van der Waals surface area contributed by atoms with Crippen molar-refractivity contribution in [3.63, 3.8) is 0 Å². The van der Waals surface area contributed by atoms with Gasteiger partial charge in [-0.3, -0.25) is 9.78 Å². The minimum atomic E-state index is -0.457. The monoisotopic (exact) mass is 384 g/mol. The van der Waals surface area contributed by atoms with Gasteiger partial charge in [0.1, 0.15) is 11.8 Å². The fourth-order valence-electron chi connectivity index (χ4n) is 3.26. The number of pyridine rings is 1. The number of hydrogen-bond acceptors (Lipinski definition) is 6. The van der Waals surface area contributed by atoms with E-state index in [1.54, 1.807) is 36.3 Å². The fraction of sp³-hybridized carbons (Fsp3) is 0.316. The second kappa shape index (κ2) is 7.48. The van der Waals surface area contributed by atoms with Gasteiger partial charge in [-0.25, -0.2) is 9.69 Å². The average Bonchev–Trinajstić information content (AvgIpc) is 3.23. The first-order valence-electron chi connectivity index (χ1n) is 8.78. The summed E-state index contributed by atoms with van der Waals surface area (Å²) in [5, 5.41) is 6.06. The van der Waals surface area contributed by atoms with Gasteiger partial charge in [-0.2, -0.15) is 11.8 Å². The van der Waals surface area contributed by atoms with Crippen LogP contribution in [0.5, 0.6) is 5.75 Å². The normalized spacial score (nSPS) is 20.9. The van der Waals surface area contributed by atoms with Crippen LogP contribution in [0.3, 0.4) is 0 Å². The largest absolute Gasteiger partial charge is 0.464 e. The SMILES string of the molecule is CSCCCC1NC(=O)N(c2ccc3c(c2)OC(c2ccncc2)N3)C1=O. The summed E-state index contributed by atoms with van der Waals surface area (Å²) in [7, 11) is 0. The highest BCUT2D eigenvalue weighted by Crippen LogP contribution is 2.40. The van der Waals surface area contributed by atoms with Crippen LogP contribution in [-0.4, -0.2) is 35.0 Å². The molecule has 0 bridgehead atoms. The van der Waals surface area contributed by atoms with E-state index >= 15 is 0 Å². The zero-order chi connectivity index (χ0) is 18.8. The van der Waals surface area contributed by atoms with E-state index in [1.165, 1.54) is 4.90 Å². The van der Waals surface area contributed by atoms with Crippen LogP contribution in [0.1, 0.15) is 24.6 Å². The first-order valence-corrected chi connectivity index (χ1v) is 10.2. The number of benzene rings is 1. The zero-order valence-corrected chi connectivity index (χ0v) is 15.7. The Hall–Kier alpha value is -2.74. The Morgan fingerprint density at radius 3 is 2.78 bits per heavy atom. The number of nitrogens with one attached hydrogen (secondary N) is 2. The van der Waals surface area contributed by atoms with E-state index in [0.29, 0.717) is 17.9 Å². The maximum atomic E-state index is 12.7. The number of hydrogen-bond donors (Lipinski definition) is 2. The Morgan fingerprint density at radius 2 is 2.00 bits per heavy atom. The first kappa shape index (κ1) is 17.7. The van der Waals surface area contributed by atoms with Crippen molar-refractivity contribution in [1.29, 1.82) is 0 Å². The van der Waals surface area contributed by atoms with Gasteiger partial charge in [0, 0.05) is 24.0 Å². The van der Waals surface area contributed by atoms with Crippen molar-refractivity contribution in [2.75, 3.05) is 22.2 Å². The van der Waals surface area contributed by atoms with Crippen LogP contribution < -0.4 is 20.3 Å². The Bertz CT molecular complexity index is 861. The van der Waals surface area contributed by atoms with Crippen molar-refractivity contribution < 1.29 is 14.3 Å². The molecule has 0 radical (unpaired) electrons. The highest BCUT2D eigenvalue weighted by atomic mass is 32.2. The molecule has 4 rings (SSSR count). The summed E-state index contributed by atoms with van der Waals surface area (Å²) in [6, 6.07) is 8.22. The van der Waals surface area contributed by atoms with Gasteiger partial charge in [0.15, 0.2) is 6.23 Å². The number of thioether (sulfide) groups is 1. The highest BCUT2D eigenvalue weighted by Gasteiger charge is 2.39. The maximum Gasteiger partial charge on any atom is 0.329 e. The quantitative estimate of drug-likeness (QED) is 0.588. The number of aromatic nitrogens is 1. The molecule has 0 aliphatic carbocycles. The summed E-state index contributed by atoms with van der Waals surface area (Å²) in [6.45, 7) is 0. The lowest BCUT2D eigenvalue weighted by atomic mass is 10.1. The van der Waals surface area contributed by atoms with Gasteiger partial charge in [0.05, 0.1) is 11.4 Å². The third kappa shape index (κ3) is 3.44. The van der Waals surface area contributed by atoms with E-state index in [0.717, 1.165) is 23.4 Å². The molecular weight excluding hydrogens is 364 g/mol. The number of imide groups is 1. The summed E-state index contributed by atoms with van der Waals surface area (Å²) >= 11 is 1.73. The number of amides is 3. The Labute approximate surface area is 161 Å². The number of anilines is 2. The minimum absolute atomic E-state index is 0.210. The molecule has 27 heavy (non-hydrogen) atoms.